The van der Waals surface area contributed by atoms with E-state index in [0.717, 1.165) is 11.1 Å². The van der Waals surface area contributed by atoms with Crippen LogP contribution in [-0.4, -0.2) is 56.7 Å². The van der Waals surface area contributed by atoms with Crippen LogP contribution >= 0.6 is 0 Å². The number of benzene rings is 1. The molecular formula is C25H24N6O3. The van der Waals surface area contributed by atoms with Gasteiger partial charge in [-0.05, 0) is 55.2 Å². The smallest absolute Gasteiger partial charge is 0.248 e. The van der Waals surface area contributed by atoms with E-state index in [1.54, 1.807) is 16.7 Å². The fourth-order valence-corrected chi connectivity index (χ4v) is 3.92. The van der Waals surface area contributed by atoms with E-state index in [-0.39, 0.29) is 11.9 Å². The second-order valence-electron chi connectivity index (χ2n) is 7.83. The van der Waals surface area contributed by atoms with Gasteiger partial charge in [-0.3, -0.25) is 9.59 Å². The monoisotopic (exact) mass is 456 g/mol. The molecule has 0 radical (unpaired) electrons. The number of nitrogens with zero attached hydrogens (tertiary/aromatic N) is 5. The minimum atomic E-state index is -0.404. The predicted octanol–water partition coefficient (Wildman–Crippen LogP) is 2.63. The number of amides is 2. The topological polar surface area (TPSA) is 102 Å². The van der Waals surface area contributed by atoms with E-state index < -0.39 is 5.91 Å². The lowest BCUT2D eigenvalue weighted by Crippen LogP contribution is -2.27. The number of ether oxygens (including phenoxy) is 1. The number of carbonyl (C=O) groups is 2. The molecule has 34 heavy (non-hydrogen) atoms. The molecule has 1 aliphatic rings. The van der Waals surface area contributed by atoms with Crippen molar-refractivity contribution in [3.63, 3.8) is 0 Å². The second-order valence-corrected chi connectivity index (χ2v) is 7.83. The van der Waals surface area contributed by atoms with Gasteiger partial charge < -0.3 is 15.0 Å². The Balaban J connectivity index is 1.82. The predicted molar refractivity (Wildman–Crippen MR) is 128 cm³/mol. The Morgan fingerprint density at radius 1 is 1.21 bits per heavy atom. The Bertz CT molecular complexity index is 1360. The third kappa shape index (κ3) is 4.52. The number of anilines is 1. The minimum absolute atomic E-state index is 0.0983. The summed E-state index contributed by atoms with van der Waals surface area (Å²) in [7, 11) is 1.61. The molecule has 2 amide bonds. The van der Waals surface area contributed by atoms with Gasteiger partial charge >= 0.3 is 0 Å². The summed E-state index contributed by atoms with van der Waals surface area (Å²) in [6, 6.07) is 5.61. The van der Waals surface area contributed by atoms with Gasteiger partial charge in [0, 0.05) is 18.7 Å². The number of methoxy groups -OCH3 is 1. The average molecular weight is 457 g/mol. The quantitative estimate of drug-likeness (QED) is 0.468. The molecule has 1 N–H and O–H groups in total. The molecule has 1 fully saturated rings. The molecule has 0 unspecified atom stereocenters. The Hall–Kier alpha value is -4.45. The number of rotatable bonds is 5. The van der Waals surface area contributed by atoms with Crippen molar-refractivity contribution < 1.29 is 14.3 Å². The summed E-state index contributed by atoms with van der Waals surface area (Å²) in [6.45, 7) is 10.1. The van der Waals surface area contributed by atoms with Crippen LogP contribution in [0.15, 0.2) is 49.8 Å². The fraction of sp³-hybridized carbons (Fsp3) is 0.240. The van der Waals surface area contributed by atoms with Gasteiger partial charge in [0.1, 0.15) is 23.6 Å². The largest absolute Gasteiger partial charge is 0.497 e. The van der Waals surface area contributed by atoms with Gasteiger partial charge in [0.25, 0.3) is 0 Å². The number of aromatic nitrogens is 4. The summed E-state index contributed by atoms with van der Waals surface area (Å²) in [6.07, 6.45) is 4.54. The molecule has 1 aliphatic heterocycles. The maximum atomic E-state index is 12.1. The molecular weight excluding hydrogens is 432 g/mol. The second kappa shape index (κ2) is 9.58. The van der Waals surface area contributed by atoms with Crippen molar-refractivity contribution >= 4 is 28.7 Å². The number of hydrogen-bond acceptors (Lipinski definition) is 6. The van der Waals surface area contributed by atoms with E-state index in [1.165, 1.54) is 18.5 Å². The van der Waals surface area contributed by atoms with Crippen LogP contribution < -0.4 is 10.1 Å². The number of nitrogens with one attached hydrogen (secondary N) is 1. The zero-order valence-electron chi connectivity index (χ0n) is 19.0. The van der Waals surface area contributed by atoms with Gasteiger partial charge in [-0.15, -0.1) is 0 Å². The van der Waals surface area contributed by atoms with Gasteiger partial charge in [0.05, 0.1) is 18.5 Å². The summed E-state index contributed by atoms with van der Waals surface area (Å²) in [5.74, 6) is 6.72. The zero-order chi connectivity index (χ0) is 24.2. The van der Waals surface area contributed by atoms with Crippen LogP contribution in [0.25, 0.3) is 11.0 Å². The Kier molecular flexibility index (Phi) is 6.41. The summed E-state index contributed by atoms with van der Waals surface area (Å²) >= 11 is 0. The summed E-state index contributed by atoms with van der Waals surface area (Å²) in [5.41, 5.74) is 2.72. The van der Waals surface area contributed by atoms with Gasteiger partial charge in [-0.2, -0.15) is 5.10 Å². The maximum Gasteiger partial charge on any atom is 0.248 e. The normalized spacial score (nSPS) is 14.9. The number of fused-ring (bicyclic) bond motifs is 1. The molecule has 2 aromatic heterocycles. The van der Waals surface area contributed by atoms with E-state index >= 15 is 0 Å². The highest BCUT2D eigenvalue weighted by Crippen LogP contribution is 2.29. The van der Waals surface area contributed by atoms with Crippen molar-refractivity contribution in [3.05, 3.63) is 66.7 Å². The summed E-state index contributed by atoms with van der Waals surface area (Å²) in [5, 5.41) is 7.97. The van der Waals surface area contributed by atoms with E-state index in [4.69, 9.17) is 9.84 Å². The molecule has 0 saturated carbocycles. The van der Waals surface area contributed by atoms with E-state index in [2.05, 4.69) is 40.3 Å². The standard InChI is InChI=1S/C25H24N6O3/c1-5-21(32)28-24-23-20(8-7-17-11-16(3)12-19(13-17)34-4)29-31(25(23)27-15-26-24)18-9-10-30(14-18)22(33)6-2/h5-6,11-13,15,18H,1-2,9-10,14H2,3-4H3,(H,26,27,28,32)/t18-/m0/s1. The molecule has 3 heterocycles. The lowest BCUT2D eigenvalue weighted by Gasteiger charge is -2.14. The minimum Gasteiger partial charge on any atom is -0.497 e. The van der Waals surface area contributed by atoms with Crippen LogP contribution in [0.2, 0.25) is 0 Å². The molecule has 0 aliphatic carbocycles. The third-order valence-electron chi connectivity index (χ3n) is 5.52. The Labute approximate surface area is 197 Å². The van der Waals surface area contributed by atoms with Crippen molar-refractivity contribution in [1.29, 1.82) is 0 Å². The van der Waals surface area contributed by atoms with Gasteiger partial charge in [-0.1, -0.05) is 19.1 Å². The van der Waals surface area contributed by atoms with E-state index in [9.17, 15) is 9.59 Å². The molecule has 1 aromatic carbocycles. The van der Waals surface area contributed by atoms with Crippen molar-refractivity contribution in [3.8, 4) is 17.6 Å². The van der Waals surface area contributed by atoms with Crippen molar-refractivity contribution in [1.82, 2.24) is 24.6 Å². The first-order chi connectivity index (χ1) is 16.4. The SMILES string of the molecule is C=CC(=O)Nc1ncnc2c1c(C#Cc1cc(C)cc(OC)c1)nn2[C@H]1CCN(C(=O)C=C)C1. The summed E-state index contributed by atoms with van der Waals surface area (Å²) in [4.78, 5) is 34.5. The molecule has 1 atom stereocenters. The molecule has 9 nitrogen and oxygen atoms in total. The molecule has 3 aromatic rings. The Morgan fingerprint density at radius 2 is 2.03 bits per heavy atom. The first-order valence-electron chi connectivity index (χ1n) is 10.7. The van der Waals surface area contributed by atoms with E-state index in [0.29, 0.717) is 47.8 Å². The average Bonchev–Trinajstić information content (AvgIpc) is 3.47. The lowest BCUT2D eigenvalue weighted by molar-refractivity contribution is -0.125. The highest BCUT2D eigenvalue weighted by Gasteiger charge is 2.29. The number of aryl methyl sites for hydroxylation is 1. The molecule has 0 spiro atoms. The first kappa shape index (κ1) is 22.7. The molecule has 0 bridgehead atoms. The van der Waals surface area contributed by atoms with Crippen LogP contribution in [0.1, 0.15) is 29.3 Å². The highest BCUT2D eigenvalue weighted by molar-refractivity contribution is 6.04. The van der Waals surface area contributed by atoms with Crippen LogP contribution in [0.5, 0.6) is 5.75 Å². The number of hydrogen-bond donors (Lipinski definition) is 1. The molecule has 1 saturated heterocycles. The van der Waals surface area contributed by atoms with Crippen LogP contribution in [-0.2, 0) is 9.59 Å². The first-order valence-corrected chi connectivity index (χ1v) is 10.7. The summed E-state index contributed by atoms with van der Waals surface area (Å²) < 4.78 is 7.10. The highest BCUT2D eigenvalue weighted by atomic mass is 16.5. The zero-order valence-corrected chi connectivity index (χ0v) is 19.0. The fourth-order valence-electron chi connectivity index (χ4n) is 3.92. The van der Waals surface area contributed by atoms with Gasteiger partial charge in [0.2, 0.25) is 11.8 Å². The van der Waals surface area contributed by atoms with Crippen LogP contribution in [0.4, 0.5) is 5.82 Å². The lowest BCUT2D eigenvalue weighted by atomic mass is 10.1. The molecule has 172 valence electrons. The van der Waals surface area contributed by atoms with Gasteiger partial charge in [-0.25, -0.2) is 14.6 Å². The third-order valence-corrected chi connectivity index (χ3v) is 5.52. The van der Waals surface area contributed by atoms with Crippen LogP contribution in [0.3, 0.4) is 0 Å². The van der Waals surface area contributed by atoms with Crippen molar-refractivity contribution in [2.45, 2.75) is 19.4 Å². The van der Waals surface area contributed by atoms with Crippen LogP contribution in [0, 0.1) is 18.8 Å². The van der Waals surface area contributed by atoms with Crippen molar-refractivity contribution in [2.24, 2.45) is 0 Å². The van der Waals surface area contributed by atoms with Gasteiger partial charge in [0.15, 0.2) is 5.65 Å². The number of carbonyl (C=O) groups excluding carboxylic acids is 2. The van der Waals surface area contributed by atoms with Crippen molar-refractivity contribution in [2.75, 3.05) is 25.5 Å². The molecule has 9 heteroatoms. The molecule has 4 rings (SSSR count). The van der Waals surface area contributed by atoms with E-state index in [1.807, 2.05) is 25.1 Å². The maximum absolute atomic E-state index is 12.1. The number of likely N-dealkylation sites (tertiary alicyclic amines) is 1. The Morgan fingerprint density at radius 3 is 2.76 bits per heavy atom.